The number of aryl methyl sites for hydroxylation is 1. The quantitative estimate of drug-likeness (QED) is 0.299. The maximum atomic E-state index is 14.2. The van der Waals surface area contributed by atoms with Crippen molar-refractivity contribution >= 4 is 39.1 Å². The Labute approximate surface area is 248 Å². The van der Waals surface area contributed by atoms with Gasteiger partial charge in [0, 0.05) is 24.0 Å². The zero-order valence-electron chi connectivity index (χ0n) is 24.1. The molecule has 0 unspecified atom stereocenters. The summed E-state index contributed by atoms with van der Waals surface area (Å²) in [4.78, 5) is 29.5. The fourth-order valence-corrected chi connectivity index (χ4v) is 5.43. The number of ether oxygens (including phenoxy) is 1. The van der Waals surface area contributed by atoms with Crippen LogP contribution < -0.4 is 14.4 Å². The summed E-state index contributed by atoms with van der Waals surface area (Å²) in [6, 6.07) is 20.6. The third-order valence-corrected chi connectivity index (χ3v) is 8.32. The van der Waals surface area contributed by atoms with Crippen LogP contribution in [-0.4, -0.2) is 57.1 Å². The highest BCUT2D eigenvalue weighted by Crippen LogP contribution is 2.33. The lowest BCUT2D eigenvalue weighted by atomic mass is 10.0. The highest BCUT2D eigenvalue weighted by Gasteiger charge is 2.34. The van der Waals surface area contributed by atoms with Crippen LogP contribution in [0.4, 0.5) is 5.69 Å². The molecule has 2 atom stereocenters. The van der Waals surface area contributed by atoms with Gasteiger partial charge in [-0.1, -0.05) is 73.1 Å². The Hall–Kier alpha value is -3.56. The molecule has 0 heterocycles. The van der Waals surface area contributed by atoms with Crippen molar-refractivity contribution in [3.63, 3.8) is 0 Å². The Morgan fingerprint density at radius 1 is 1.02 bits per heavy atom. The van der Waals surface area contributed by atoms with Gasteiger partial charge in [-0.25, -0.2) is 8.42 Å². The fourth-order valence-electron chi connectivity index (χ4n) is 4.42. The van der Waals surface area contributed by atoms with E-state index in [1.807, 2.05) is 75.4 Å². The first-order valence-corrected chi connectivity index (χ1v) is 15.7. The van der Waals surface area contributed by atoms with Crippen LogP contribution in [0.2, 0.25) is 5.02 Å². The van der Waals surface area contributed by atoms with Gasteiger partial charge in [0.15, 0.2) is 0 Å². The molecule has 41 heavy (non-hydrogen) atoms. The molecule has 220 valence electrons. The smallest absolute Gasteiger partial charge is 0.244 e. The molecular formula is C31H38ClN3O5S. The largest absolute Gasteiger partial charge is 0.495 e. The van der Waals surface area contributed by atoms with Crippen molar-refractivity contribution in [3.8, 4) is 5.75 Å². The molecule has 3 aromatic carbocycles. The molecule has 0 aliphatic rings. The topological polar surface area (TPSA) is 96.0 Å². The maximum Gasteiger partial charge on any atom is 0.244 e. The van der Waals surface area contributed by atoms with Gasteiger partial charge in [-0.2, -0.15) is 0 Å². The molecule has 0 radical (unpaired) electrons. The molecular weight excluding hydrogens is 562 g/mol. The molecule has 0 aromatic heterocycles. The van der Waals surface area contributed by atoms with E-state index in [1.54, 1.807) is 12.1 Å². The van der Waals surface area contributed by atoms with E-state index in [0.29, 0.717) is 6.42 Å². The molecule has 0 fully saturated rings. The summed E-state index contributed by atoms with van der Waals surface area (Å²) < 4.78 is 32.4. The minimum Gasteiger partial charge on any atom is -0.495 e. The second-order valence-electron chi connectivity index (χ2n) is 10.1. The first-order chi connectivity index (χ1) is 19.4. The first-order valence-electron chi connectivity index (χ1n) is 13.4. The van der Waals surface area contributed by atoms with Crippen LogP contribution in [0, 0.1) is 6.92 Å². The molecule has 0 bridgehead atoms. The second kappa shape index (κ2) is 14.4. The van der Waals surface area contributed by atoms with Crippen molar-refractivity contribution < 1.29 is 22.7 Å². The lowest BCUT2D eigenvalue weighted by Gasteiger charge is -2.34. The van der Waals surface area contributed by atoms with E-state index in [1.165, 1.54) is 18.1 Å². The minimum atomic E-state index is -3.96. The van der Waals surface area contributed by atoms with Gasteiger partial charge >= 0.3 is 0 Å². The van der Waals surface area contributed by atoms with Gasteiger partial charge in [0.1, 0.15) is 18.3 Å². The lowest BCUT2D eigenvalue weighted by molar-refractivity contribution is -0.140. The van der Waals surface area contributed by atoms with Crippen LogP contribution in [0.1, 0.15) is 37.0 Å². The predicted octanol–water partition coefficient (Wildman–Crippen LogP) is 4.98. The third kappa shape index (κ3) is 8.71. The number of anilines is 1. The number of amides is 2. The molecule has 3 aromatic rings. The lowest BCUT2D eigenvalue weighted by Crippen LogP contribution is -2.54. The van der Waals surface area contributed by atoms with Crippen molar-refractivity contribution in [1.29, 1.82) is 0 Å². The second-order valence-corrected chi connectivity index (χ2v) is 12.4. The van der Waals surface area contributed by atoms with Gasteiger partial charge in [0.05, 0.1) is 19.1 Å². The molecule has 8 nitrogen and oxygen atoms in total. The Morgan fingerprint density at radius 3 is 2.29 bits per heavy atom. The first kappa shape index (κ1) is 32.0. The summed E-state index contributed by atoms with van der Waals surface area (Å²) >= 11 is 6.21. The van der Waals surface area contributed by atoms with E-state index in [2.05, 4.69) is 5.32 Å². The van der Waals surface area contributed by atoms with Gasteiger partial charge in [-0.15, -0.1) is 0 Å². The minimum absolute atomic E-state index is 0.112. The fraction of sp³-hybridized carbons (Fsp3) is 0.355. The molecule has 0 saturated heterocycles. The van der Waals surface area contributed by atoms with Gasteiger partial charge in [-0.05, 0) is 55.2 Å². The number of rotatable bonds is 13. The van der Waals surface area contributed by atoms with Crippen molar-refractivity contribution in [2.24, 2.45) is 0 Å². The van der Waals surface area contributed by atoms with Crippen molar-refractivity contribution in [1.82, 2.24) is 10.2 Å². The highest BCUT2D eigenvalue weighted by atomic mass is 35.5. The molecule has 0 saturated carbocycles. The van der Waals surface area contributed by atoms with Crippen LogP contribution in [0.15, 0.2) is 72.8 Å². The van der Waals surface area contributed by atoms with Crippen LogP contribution in [0.25, 0.3) is 0 Å². The van der Waals surface area contributed by atoms with E-state index < -0.39 is 28.5 Å². The Bertz CT molecular complexity index is 1450. The van der Waals surface area contributed by atoms with Crippen molar-refractivity contribution in [2.45, 2.75) is 52.2 Å². The molecule has 0 spiro atoms. The number of methoxy groups -OCH3 is 1. The van der Waals surface area contributed by atoms with Gasteiger partial charge in [-0.3, -0.25) is 13.9 Å². The Morgan fingerprint density at radius 2 is 1.68 bits per heavy atom. The van der Waals surface area contributed by atoms with Crippen molar-refractivity contribution in [3.05, 3.63) is 94.5 Å². The Balaban J connectivity index is 2.11. The normalized spacial score (nSPS) is 12.7. The van der Waals surface area contributed by atoms with Crippen LogP contribution >= 0.6 is 11.6 Å². The van der Waals surface area contributed by atoms with E-state index >= 15 is 0 Å². The summed E-state index contributed by atoms with van der Waals surface area (Å²) in [6.07, 6.45) is 1.98. The summed E-state index contributed by atoms with van der Waals surface area (Å²) in [6.45, 7) is 5.37. The molecule has 3 rings (SSSR count). The number of halogens is 1. The zero-order chi connectivity index (χ0) is 30.2. The number of hydrogen-bond acceptors (Lipinski definition) is 5. The van der Waals surface area contributed by atoms with Gasteiger partial charge < -0.3 is 15.0 Å². The highest BCUT2D eigenvalue weighted by molar-refractivity contribution is 7.92. The molecule has 0 aliphatic carbocycles. The predicted molar refractivity (Wildman–Crippen MR) is 164 cm³/mol. The van der Waals surface area contributed by atoms with Crippen LogP contribution in [-0.2, 0) is 32.6 Å². The summed E-state index contributed by atoms with van der Waals surface area (Å²) in [5.41, 5.74) is 2.80. The van der Waals surface area contributed by atoms with E-state index in [4.69, 9.17) is 16.3 Å². The summed E-state index contributed by atoms with van der Waals surface area (Å²) in [5.74, 6) is -0.606. The van der Waals surface area contributed by atoms with E-state index in [0.717, 1.165) is 27.3 Å². The number of carbonyl (C=O) groups excluding carboxylic acids is 2. The Kier molecular flexibility index (Phi) is 11.2. The van der Waals surface area contributed by atoms with Crippen LogP contribution in [0.3, 0.4) is 0 Å². The number of nitrogens with one attached hydrogen (secondary N) is 1. The SMILES string of the molecule is CC[C@@H](C)NC(=O)[C@H](Cc1ccccc1)N(Cc1ccccc1C)C(=O)CN(c1cc(Cl)ccc1OC)S(C)(=O)=O. The molecule has 0 aliphatic heterocycles. The zero-order valence-corrected chi connectivity index (χ0v) is 25.7. The number of nitrogens with zero attached hydrogens (tertiary/aromatic N) is 2. The monoisotopic (exact) mass is 599 g/mol. The number of carbonyl (C=O) groups is 2. The number of sulfonamides is 1. The average Bonchev–Trinajstić information content (AvgIpc) is 2.94. The number of hydrogen-bond donors (Lipinski definition) is 1. The summed E-state index contributed by atoms with van der Waals surface area (Å²) in [7, 11) is -2.55. The molecule has 1 N–H and O–H groups in total. The molecule has 2 amide bonds. The van der Waals surface area contributed by atoms with E-state index in [-0.39, 0.29) is 41.4 Å². The average molecular weight is 600 g/mol. The van der Waals surface area contributed by atoms with E-state index in [9.17, 15) is 18.0 Å². The van der Waals surface area contributed by atoms with Gasteiger partial charge in [0.25, 0.3) is 0 Å². The maximum absolute atomic E-state index is 14.2. The van der Waals surface area contributed by atoms with Crippen molar-refractivity contribution in [2.75, 3.05) is 24.2 Å². The number of benzene rings is 3. The van der Waals surface area contributed by atoms with Gasteiger partial charge in [0.2, 0.25) is 21.8 Å². The third-order valence-electron chi connectivity index (χ3n) is 6.96. The summed E-state index contributed by atoms with van der Waals surface area (Å²) in [5, 5.41) is 3.31. The standard InChI is InChI=1S/C31H38ClN3O5S/c1-6-23(3)33-31(37)28(18-24-13-8-7-9-14-24)34(20-25-15-11-10-12-22(25)2)30(36)21-35(41(5,38)39)27-19-26(32)16-17-29(27)40-4/h7-17,19,23,28H,6,18,20-21H2,1-5H3,(H,33,37)/t23-,28+/m1/s1. The molecule has 10 heteroatoms. The van der Waals surface area contributed by atoms with Crippen LogP contribution in [0.5, 0.6) is 5.75 Å².